The zero-order valence-corrected chi connectivity index (χ0v) is 17.6. The monoisotopic (exact) mass is 518 g/mol. The van der Waals surface area contributed by atoms with Gasteiger partial charge in [-0.3, -0.25) is 9.67 Å². The summed E-state index contributed by atoms with van der Waals surface area (Å²) >= 11 is 5.77. The van der Waals surface area contributed by atoms with Crippen LogP contribution in [0, 0.1) is 0 Å². The molecule has 2 aromatic rings. The molecule has 0 aliphatic rings. The zero-order chi connectivity index (χ0) is 19.2. The number of aryl methyl sites for hydroxylation is 1. The number of hydrogen-bond acceptors (Lipinski definition) is 4. The van der Waals surface area contributed by atoms with Gasteiger partial charge < -0.3 is 15.4 Å². The Kier molecular flexibility index (Phi) is 9.09. The number of pyridine rings is 1. The highest BCUT2D eigenvalue weighted by Crippen LogP contribution is 2.32. The number of hydrogen-bond donors (Lipinski definition) is 2. The van der Waals surface area contributed by atoms with Gasteiger partial charge in [-0.1, -0.05) is 11.6 Å². The van der Waals surface area contributed by atoms with Crippen LogP contribution in [0.1, 0.15) is 11.3 Å². The summed E-state index contributed by atoms with van der Waals surface area (Å²) in [6, 6.07) is 2.66. The quantitative estimate of drug-likeness (QED) is 0.266. The molecule has 27 heavy (non-hydrogen) atoms. The van der Waals surface area contributed by atoms with E-state index in [0.717, 1.165) is 11.8 Å². The highest BCUT2D eigenvalue weighted by molar-refractivity contribution is 14.0. The van der Waals surface area contributed by atoms with Crippen molar-refractivity contribution in [1.29, 1.82) is 0 Å². The lowest BCUT2D eigenvalue weighted by Gasteiger charge is -2.13. The van der Waals surface area contributed by atoms with Crippen molar-refractivity contribution in [3.63, 3.8) is 0 Å². The second-order valence-corrected chi connectivity index (χ2v) is 5.56. The molecule has 0 aliphatic heterocycles. The molecule has 0 bridgehead atoms. The van der Waals surface area contributed by atoms with E-state index in [-0.39, 0.29) is 41.5 Å². The van der Waals surface area contributed by atoms with E-state index in [1.807, 2.05) is 13.1 Å². The lowest BCUT2D eigenvalue weighted by Crippen LogP contribution is -2.39. The van der Waals surface area contributed by atoms with Gasteiger partial charge in [0.15, 0.2) is 5.96 Å². The molecule has 2 N–H and O–H groups in total. The van der Waals surface area contributed by atoms with E-state index in [4.69, 9.17) is 16.3 Å². The highest BCUT2D eigenvalue weighted by Gasteiger charge is 2.31. The number of ether oxygens (including phenoxy) is 1. The van der Waals surface area contributed by atoms with Gasteiger partial charge >= 0.3 is 6.18 Å². The minimum Gasteiger partial charge on any atom is -0.475 e. The molecular formula is C15H19ClF3IN6O. The molecule has 0 saturated carbocycles. The van der Waals surface area contributed by atoms with Crippen molar-refractivity contribution in [2.24, 2.45) is 12.0 Å². The predicted octanol–water partition coefficient (Wildman–Crippen LogP) is 2.85. The van der Waals surface area contributed by atoms with Gasteiger partial charge in [0.05, 0.1) is 24.3 Å². The fourth-order valence-electron chi connectivity index (χ4n) is 1.97. The predicted molar refractivity (Wildman–Crippen MR) is 107 cm³/mol. The first-order valence-electron chi connectivity index (χ1n) is 7.58. The number of alkyl halides is 3. The third kappa shape index (κ3) is 7.05. The van der Waals surface area contributed by atoms with E-state index in [9.17, 15) is 13.2 Å². The molecule has 7 nitrogen and oxygen atoms in total. The van der Waals surface area contributed by atoms with Crippen LogP contribution in [0.2, 0.25) is 5.02 Å². The Morgan fingerprint density at radius 1 is 1.37 bits per heavy atom. The van der Waals surface area contributed by atoms with Gasteiger partial charge in [0.2, 0.25) is 5.88 Å². The topological polar surface area (TPSA) is 76.4 Å². The number of halogens is 5. The summed E-state index contributed by atoms with van der Waals surface area (Å²) in [4.78, 5) is 7.66. The molecule has 0 atom stereocenters. The molecule has 0 unspecified atom stereocenters. The van der Waals surface area contributed by atoms with Gasteiger partial charge in [0.25, 0.3) is 0 Å². The van der Waals surface area contributed by atoms with E-state index in [1.54, 1.807) is 17.9 Å². The van der Waals surface area contributed by atoms with E-state index in [1.165, 1.54) is 0 Å². The highest BCUT2D eigenvalue weighted by atomic mass is 127. The molecule has 0 amide bonds. The van der Waals surface area contributed by atoms with Crippen LogP contribution in [-0.4, -0.2) is 40.9 Å². The molecular weight excluding hydrogens is 500 g/mol. The zero-order valence-electron chi connectivity index (χ0n) is 14.5. The number of rotatable bonds is 6. The summed E-state index contributed by atoms with van der Waals surface area (Å²) in [7, 11) is 3.45. The van der Waals surface area contributed by atoms with Crippen LogP contribution < -0.4 is 15.4 Å². The Morgan fingerprint density at radius 3 is 2.67 bits per heavy atom. The molecule has 0 spiro atoms. The average molecular weight is 519 g/mol. The van der Waals surface area contributed by atoms with Crippen LogP contribution in [0.3, 0.4) is 0 Å². The van der Waals surface area contributed by atoms with Gasteiger partial charge in [-0.15, -0.1) is 24.0 Å². The summed E-state index contributed by atoms with van der Waals surface area (Å²) in [6.45, 7) is 1.03. The van der Waals surface area contributed by atoms with E-state index >= 15 is 0 Å². The Bertz CT molecular complexity index is 768. The van der Waals surface area contributed by atoms with Gasteiger partial charge in [-0.25, -0.2) is 4.98 Å². The van der Waals surface area contributed by atoms with E-state index < -0.39 is 11.7 Å². The SMILES string of the molecule is CN=C(NCCOc1ncc(C(F)(F)F)cc1Cl)NCc1ccnn1C.I. The summed E-state index contributed by atoms with van der Waals surface area (Å²) < 4.78 is 44.7. The smallest absolute Gasteiger partial charge is 0.417 e. The number of nitrogens with zero attached hydrogens (tertiary/aromatic N) is 4. The molecule has 12 heteroatoms. The van der Waals surface area contributed by atoms with Crippen molar-refractivity contribution >= 4 is 41.5 Å². The summed E-state index contributed by atoms with van der Waals surface area (Å²) in [6.07, 6.45) is -2.12. The minimum absolute atomic E-state index is 0. The number of nitrogens with one attached hydrogen (secondary N) is 2. The molecule has 2 rings (SSSR count). The van der Waals surface area contributed by atoms with Gasteiger partial charge in [-0.2, -0.15) is 18.3 Å². The van der Waals surface area contributed by atoms with Gasteiger partial charge in [0, 0.05) is 26.5 Å². The van der Waals surface area contributed by atoms with Crippen molar-refractivity contribution in [2.75, 3.05) is 20.2 Å². The molecule has 0 fully saturated rings. The average Bonchev–Trinajstić information content (AvgIpc) is 2.99. The second-order valence-electron chi connectivity index (χ2n) is 5.16. The first kappa shape index (κ1) is 23.3. The Labute approximate surface area is 176 Å². The summed E-state index contributed by atoms with van der Waals surface area (Å²) in [5.74, 6) is 0.487. The third-order valence-corrected chi connectivity index (χ3v) is 3.62. The normalized spacial score (nSPS) is 11.7. The maximum atomic E-state index is 12.6. The van der Waals surface area contributed by atoms with Crippen molar-refractivity contribution in [2.45, 2.75) is 12.7 Å². The maximum absolute atomic E-state index is 12.6. The fraction of sp³-hybridized carbons (Fsp3) is 0.400. The summed E-state index contributed by atoms with van der Waals surface area (Å²) in [5.41, 5.74) is 0.0534. The first-order chi connectivity index (χ1) is 12.3. The Balaban J connectivity index is 0.00000364. The number of guanidine groups is 1. The Morgan fingerprint density at radius 2 is 2.11 bits per heavy atom. The molecule has 150 valence electrons. The van der Waals surface area contributed by atoms with E-state index in [0.29, 0.717) is 25.2 Å². The van der Waals surface area contributed by atoms with Crippen LogP contribution in [0.5, 0.6) is 5.88 Å². The van der Waals surface area contributed by atoms with Crippen molar-refractivity contribution in [3.8, 4) is 5.88 Å². The first-order valence-corrected chi connectivity index (χ1v) is 7.96. The fourth-order valence-corrected chi connectivity index (χ4v) is 2.19. The largest absolute Gasteiger partial charge is 0.475 e. The Hall–Kier alpha value is -1.76. The summed E-state index contributed by atoms with van der Waals surface area (Å²) in [5, 5.41) is 9.98. The molecule has 2 heterocycles. The minimum atomic E-state index is -4.50. The van der Waals surface area contributed by atoms with Crippen molar-refractivity contribution < 1.29 is 17.9 Å². The van der Waals surface area contributed by atoms with Crippen LogP contribution >= 0.6 is 35.6 Å². The van der Waals surface area contributed by atoms with E-state index in [2.05, 4.69) is 25.7 Å². The van der Waals surface area contributed by atoms with Crippen LogP contribution in [-0.2, 0) is 19.8 Å². The van der Waals surface area contributed by atoms with Crippen LogP contribution in [0.4, 0.5) is 13.2 Å². The molecule has 0 aliphatic carbocycles. The van der Waals surface area contributed by atoms with Gasteiger partial charge in [-0.05, 0) is 12.1 Å². The van der Waals surface area contributed by atoms with Crippen LogP contribution in [0.15, 0.2) is 29.5 Å². The molecule has 0 aromatic carbocycles. The van der Waals surface area contributed by atoms with Crippen molar-refractivity contribution in [3.05, 3.63) is 40.8 Å². The number of aromatic nitrogens is 3. The lowest BCUT2D eigenvalue weighted by atomic mass is 10.3. The maximum Gasteiger partial charge on any atom is 0.417 e. The third-order valence-electron chi connectivity index (χ3n) is 3.35. The van der Waals surface area contributed by atoms with Crippen LogP contribution in [0.25, 0.3) is 0 Å². The second kappa shape index (κ2) is 10.5. The molecule has 0 radical (unpaired) electrons. The van der Waals surface area contributed by atoms with Crippen molar-refractivity contribution in [1.82, 2.24) is 25.4 Å². The number of aliphatic imine (C=N–C) groups is 1. The standard InChI is InChI=1S/C15H18ClF3N6O.HI/c1-20-14(23-9-11-3-4-24-25(11)2)21-5-6-26-13-12(16)7-10(8-22-13)15(17,18)19;/h3-4,7-8H,5-6,9H2,1-2H3,(H2,20,21,23);1H. The molecule has 2 aromatic heterocycles. The lowest BCUT2D eigenvalue weighted by molar-refractivity contribution is -0.137. The van der Waals surface area contributed by atoms with Gasteiger partial charge in [0.1, 0.15) is 11.6 Å². The molecule has 0 saturated heterocycles.